The molecule has 5 nitrogen and oxygen atoms in total. The van der Waals surface area contributed by atoms with Gasteiger partial charge in [0.2, 0.25) is 5.43 Å². The highest BCUT2D eigenvalue weighted by atomic mass is 19.1. The van der Waals surface area contributed by atoms with Crippen LogP contribution >= 0.6 is 0 Å². The monoisotopic (exact) mass is 315 g/mol. The molecule has 3 aromatic rings. The van der Waals surface area contributed by atoms with Crippen molar-refractivity contribution in [1.82, 2.24) is 15.3 Å². The van der Waals surface area contributed by atoms with E-state index >= 15 is 0 Å². The van der Waals surface area contributed by atoms with Crippen molar-refractivity contribution in [2.45, 2.75) is 6.54 Å². The van der Waals surface area contributed by atoms with Crippen molar-refractivity contribution in [3.63, 3.8) is 0 Å². The van der Waals surface area contributed by atoms with E-state index in [1.165, 1.54) is 0 Å². The van der Waals surface area contributed by atoms with Crippen molar-refractivity contribution in [2.24, 2.45) is 0 Å². The molecule has 0 fully saturated rings. The van der Waals surface area contributed by atoms with E-state index in [0.717, 1.165) is 17.8 Å². The van der Waals surface area contributed by atoms with Crippen molar-refractivity contribution >= 4 is 16.8 Å². The van der Waals surface area contributed by atoms with Crippen LogP contribution in [0.3, 0.4) is 0 Å². The van der Waals surface area contributed by atoms with Crippen molar-refractivity contribution < 1.29 is 13.6 Å². The topological polar surface area (TPSA) is 74.8 Å². The average Bonchev–Trinajstić information content (AvgIpc) is 2.53. The Labute approximate surface area is 129 Å². The molecule has 0 aliphatic carbocycles. The number of aromatic nitrogens is 2. The normalized spacial score (nSPS) is 10.7. The van der Waals surface area contributed by atoms with Crippen molar-refractivity contribution in [3.8, 4) is 0 Å². The van der Waals surface area contributed by atoms with Gasteiger partial charge in [-0.15, -0.1) is 0 Å². The molecule has 7 heteroatoms. The number of halogens is 2. The predicted octanol–water partition coefficient (Wildman–Crippen LogP) is 2.13. The number of aromatic amines is 1. The van der Waals surface area contributed by atoms with Crippen LogP contribution in [0.1, 0.15) is 15.9 Å². The first kappa shape index (κ1) is 14.8. The Hall–Kier alpha value is -3.09. The van der Waals surface area contributed by atoms with E-state index in [-0.39, 0.29) is 23.0 Å². The van der Waals surface area contributed by atoms with Crippen LogP contribution < -0.4 is 10.7 Å². The van der Waals surface area contributed by atoms with Crippen molar-refractivity contribution in [1.29, 1.82) is 0 Å². The number of carbonyl (C=O) groups is 1. The number of pyridine rings is 2. The maximum atomic E-state index is 13.8. The SMILES string of the molecule is O=C(NCc1cccnc1)c1c[nH]c2cc(F)cc(F)c2c1=O. The minimum atomic E-state index is -1.01. The number of nitrogens with zero attached hydrogens (tertiary/aromatic N) is 1. The van der Waals surface area contributed by atoms with Gasteiger partial charge in [0.1, 0.15) is 17.2 Å². The third-order valence-electron chi connectivity index (χ3n) is 3.32. The molecule has 2 aromatic heterocycles. The van der Waals surface area contributed by atoms with Gasteiger partial charge in [0.05, 0.1) is 10.9 Å². The van der Waals surface area contributed by atoms with Crippen molar-refractivity contribution in [3.05, 3.63) is 75.8 Å². The lowest BCUT2D eigenvalue weighted by atomic mass is 10.1. The second-order valence-corrected chi connectivity index (χ2v) is 4.89. The zero-order valence-electron chi connectivity index (χ0n) is 11.8. The van der Waals surface area contributed by atoms with Gasteiger partial charge in [-0.25, -0.2) is 8.78 Å². The Bertz CT molecular complexity index is 939. The molecule has 0 saturated carbocycles. The first-order valence-electron chi connectivity index (χ1n) is 6.74. The first-order chi connectivity index (χ1) is 11.1. The highest BCUT2D eigenvalue weighted by Gasteiger charge is 2.16. The molecule has 116 valence electrons. The summed E-state index contributed by atoms with van der Waals surface area (Å²) < 4.78 is 27.0. The Kier molecular flexibility index (Phi) is 3.84. The third kappa shape index (κ3) is 2.94. The number of fused-ring (bicyclic) bond motifs is 1. The van der Waals surface area contributed by atoms with Crippen LogP contribution in [0, 0.1) is 11.6 Å². The zero-order valence-corrected chi connectivity index (χ0v) is 11.8. The number of carbonyl (C=O) groups excluding carboxylic acids is 1. The number of benzene rings is 1. The minimum absolute atomic E-state index is 0.00342. The quantitative estimate of drug-likeness (QED) is 0.777. The summed E-state index contributed by atoms with van der Waals surface area (Å²) in [4.78, 5) is 30.8. The first-order valence-corrected chi connectivity index (χ1v) is 6.74. The highest BCUT2D eigenvalue weighted by Crippen LogP contribution is 2.15. The van der Waals surface area contributed by atoms with Crippen LogP contribution in [0.2, 0.25) is 0 Å². The summed E-state index contributed by atoms with van der Waals surface area (Å²) in [5.74, 6) is -2.47. The number of hydrogen-bond donors (Lipinski definition) is 2. The molecule has 3 rings (SSSR count). The summed E-state index contributed by atoms with van der Waals surface area (Å²) in [5.41, 5.74) is -0.283. The Morgan fingerprint density at radius 3 is 2.87 bits per heavy atom. The smallest absolute Gasteiger partial charge is 0.257 e. The Morgan fingerprint density at radius 1 is 1.30 bits per heavy atom. The fourth-order valence-electron chi connectivity index (χ4n) is 2.22. The summed E-state index contributed by atoms with van der Waals surface area (Å²) in [7, 11) is 0. The molecular weight excluding hydrogens is 304 g/mol. The Balaban J connectivity index is 1.92. The van der Waals surface area contributed by atoms with Gasteiger partial charge in [-0.05, 0) is 17.7 Å². The molecule has 0 atom stereocenters. The number of amides is 1. The largest absolute Gasteiger partial charge is 0.360 e. The molecule has 1 aromatic carbocycles. The van der Waals surface area contributed by atoms with Crippen LogP contribution in [-0.4, -0.2) is 15.9 Å². The second-order valence-electron chi connectivity index (χ2n) is 4.89. The molecule has 0 unspecified atom stereocenters. The van der Waals surface area contributed by atoms with Crippen LogP contribution in [-0.2, 0) is 6.54 Å². The predicted molar refractivity (Wildman–Crippen MR) is 79.9 cm³/mol. The van der Waals surface area contributed by atoms with Crippen LogP contribution in [0.5, 0.6) is 0 Å². The summed E-state index contributed by atoms with van der Waals surface area (Å²) in [5, 5.41) is 2.21. The summed E-state index contributed by atoms with van der Waals surface area (Å²) in [6, 6.07) is 5.08. The summed E-state index contributed by atoms with van der Waals surface area (Å²) in [6.07, 6.45) is 4.32. The molecule has 23 heavy (non-hydrogen) atoms. The van der Waals surface area contributed by atoms with E-state index in [2.05, 4.69) is 15.3 Å². The van der Waals surface area contributed by atoms with Crippen molar-refractivity contribution in [2.75, 3.05) is 0 Å². The standard InChI is InChI=1S/C16H11F2N3O2/c17-10-4-12(18)14-13(5-10)20-8-11(15(14)22)16(23)21-7-9-2-1-3-19-6-9/h1-6,8H,7H2,(H,20,22)(H,21,23). The molecule has 0 bridgehead atoms. The third-order valence-corrected chi connectivity index (χ3v) is 3.32. The average molecular weight is 315 g/mol. The van der Waals surface area contributed by atoms with Crippen LogP contribution in [0.25, 0.3) is 10.9 Å². The number of nitrogens with one attached hydrogen (secondary N) is 2. The maximum absolute atomic E-state index is 13.8. The molecule has 0 spiro atoms. The zero-order chi connectivity index (χ0) is 16.4. The van der Waals surface area contributed by atoms with Crippen LogP contribution in [0.15, 0.2) is 47.7 Å². The molecule has 2 N–H and O–H groups in total. The second kappa shape index (κ2) is 5.96. The molecule has 2 heterocycles. The lowest BCUT2D eigenvalue weighted by Crippen LogP contribution is -2.28. The van der Waals surface area contributed by atoms with E-state index in [1.807, 2.05) is 0 Å². The molecule has 1 amide bonds. The van der Waals surface area contributed by atoms with Crippen LogP contribution in [0.4, 0.5) is 8.78 Å². The molecule has 0 saturated heterocycles. The number of H-pyrrole nitrogens is 1. The van der Waals surface area contributed by atoms with Gasteiger partial charge in [-0.3, -0.25) is 14.6 Å². The van der Waals surface area contributed by atoms with Gasteiger partial charge < -0.3 is 10.3 Å². The fourth-order valence-corrected chi connectivity index (χ4v) is 2.22. The number of rotatable bonds is 3. The van der Waals surface area contributed by atoms with Gasteiger partial charge in [0.25, 0.3) is 5.91 Å². The van der Waals surface area contributed by atoms with Gasteiger partial charge >= 0.3 is 0 Å². The van der Waals surface area contributed by atoms with Gasteiger partial charge in [0, 0.05) is 31.2 Å². The van der Waals surface area contributed by atoms with Gasteiger partial charge in [-0.2, -0.15) is 0 Å². The Morgan fingerprint density at radius 2 is 2.13 bits per heavy atom. The molecule has 0 radical (unpaired) electrons. The minimum Gasteiger partial charge on any atom is -0.360 e. The van der Waals surface area contributed by atoms with E-state index in [9.17, 15) is 18.4 Å². The van der Waals surface area contributed by atoms with E-state index in [1.54, 1.807) is 24.5 Å². The van der Waals surface area contributed by atoms with Gasteiger partial charge in [-0.1, -0.05) is 6.07 Å². The molecular formula is C16H11F2N3O2. The van der Waals surface area contributed by atoms with E-state index in [4.69, 9.17) is 0 Å². The fraction of sp³-hybridized carbons (Fsp3) is 0.0625. The van der Waals surface area contributed by atoms with E-state index in [0.29, 0.717) is 6.07 Å². The lowest BCUT2D eigenvalue weighted by Gasteiger charge is -2.06. The summed E-state index contributed by atoms with van der Waals surface area (Å²) >= 11 is 0. The maximum Gasteiger partial charge on any atom is 0.257 e. The lowest BCUT2D eigenvalue weighted by molar-refractivity contribution is 0.0949. The molecule has 0 aliphatic heterocycles. The summed E-state index contributed by atoms with van der Waals surface area (Å²) in [6.45, 7) is 0.177. The highest BCUT2D eigenvalue weighted by molar-refractivity contribution is 5.97. The number of hydrogen-bond acceptors (Lipinski definition) is 3. The van der Waals surface area contributed by atoms with E-state index < -0.39 is 23.0 Å². The molecule has 0 aliphatic rings. The van der Waals surface area contributed by atoms with Gasteiger partial charge in [0.15, 0.2) is 0 Å².